The average Bonchev–Trinajstić information content (AvgIpc) is 3.20. The van der Waals surface area contributed by atoms with E-state index in [-0.39, 0.29) is 18.0 Å². The van der Waals surface area contributed by atoms with Crippen LogP contribution in [0.15, 0.2) is 133 Å². The summed E-state index contributed by atoms with van der Waals surface area (Å²) in [5.41, 5.74) is 3.65. The van der Waals surface area contributed by atoms with Crippen molar-refractivity contribution in [3.05, 3.63) is 156 Å². The van der Waals surface area contributed by atoms with Gasteiger partial charge >= 0.3 is 0 Å². The highest BCUT2D eigenvalue weighted by atomic mass is 32.2. The van der Waals surface area contributed by atoms with Gasteiger partial charge in [0.05, 0.1) is 16.4 Å². The van der Waals surface area contributed by atoms with Crippen molar-refractivity contribution < 1.29 is 19.2 Å². The summed E-state index contributed by atoms with van der Waals surface area (Å²) in [7, 11) is 1.73. The third-order valence-corrected chi connectivity index (χ3v) is 11.8. The van der Waals surface area contributed by atoms with E-state index in [1.807, 2.05) is 67.8 Å². The summed E-state index contributed by atoms with van der Waals surface area (Å²) in [6.07, 6.45) is 2.56. The first-order valence-electron chi connectivity index (χ1n) is 19.0. The van der Waals surface area contributed by atoms with E-state index in [9.17, 15) is 9.59 Å². The topological polar surface area (TPSA) is 62.3 Å². The SMILES string of the molecule is COCCC[C@H]1CN(C(=O)c2cccc3ccccc23)CCN1C[C@H](CSC(c1ccccc1)(c1ccccc1)c1ccccc1)N(C=O)OC(C)(C)C. The predicted octanol–water partition coefficient (Wildman–Crippen LogP) is 8.68. The number of methoxy groups -OCH3 is 1. The smallest absolute Gasteiger partial charge is 0.254 e. The molecule has 1 saturated heterocycles. The second-order valence-corrected chi connectivity index (χ2v) is 16.2. The van der Waals surface area contributed by atoms with Crippen LogP contribution in [0.25, 0.3) is 10.8 Å². The maximum atomic E-state index is 14.2. The van der Waals surface area contributed by atoms with Crippen molar-refractivity contribution in [3.8, 4) is 0 Å². The van der Waals surface area contributed by atoms with Gasteiger partial charge in [-0.2, -0.15) is 0 Å². The molecule has 8 heteroatoms. The standard InChI is InChI=1S/C46H53N3O4S/c1-45(2,3)53-49(35-50)41(34-54-46(37-20-8-5-9-21-37,38-22-10-6-11-23-38)39-24-12-7-13-25-39)33-47-29-30-48(32-40(47)26-17-31-52-4)44(51)43-28-16-19-36-18-14-15-27-42(36)43/h5-16,18-25,27-28,35,40-41H,17,26,29-34H2,1-4H3/t40-,41+/m0/s1. The van der Waals surface area contributed by atoms with Crippen molar-refractivity contribution in [2.45, 2.75) is 56.0 Å². The van der Waals surface area contributed by atoms with E-state index in [0.717, 1.165) is 35.6 Å². The lowest BCUT2D eigenvalue weighted by Gasteiger charge is -2.45. The second kappa shape index (κ2) is 18.2. The van der Waals surface area contributed by atoms with Gasteiger partial charge in [0.15, 0.2) is 0 Å². The summed E-state index contributed by atoms with van der Waals surface area (Å²) in [4.78, 5) is 38.0. The molecule has 1 heterocycles. The largest absolute Gasteiger partial charge is 0.385 e. The predicted molar refractivity (Wildman–Crippen MR) is 221 cm³/mol. The number of amides is 2. The molecule has 5 aromatic carbocycles. The monoisotopic (exact) mass is 743 g/mol. The molecule has 0 bridgehead atoms. The number of hydrogen-bond donors (Lipinski definition) is 0. The van der Waals surface area contributed by atoms with Crippen molar-refractivity contribution in [3.63, 3.8) is 0 Å². The lowest BCUT2D eigenvalue weighted by molar-refractivity contribution is -0.231. The molecular weight excluding hydrogens is 691 g/mol. The molecule has 2 atom stereocenters. The van der Waals surface area contributed by atoms with Crippen LogP contribution >= 0.6 is 11.8 Å². The van der Waals surface area contributed by atoms with Gasteiger partial charge in [0.2, 0.25) is 6.41 Å². The first-order valence-corrected chi connectivity index (χ1v) is 20.0. The third-order valence-electron chi connectivity index (χ3n) is 10.1. The van der Waals surface area contributed by atoms with Gasteiger partial charge in [0, 0.05) is 57.3 Å². The van der Waals surface area contributed by atoms with Gasteiger partial charge in [-0.15, -0.1) is 11.8 Å². The van der Waals surface area contributed by atoms with Crippen molar-refractivity contribution in [2.75, 3.05) is 45.6 Å². The molecule has 54 heavy (non-hydrogen) atoms. The highest BCUT2D eigenvalue weighted by Crippen LogP contribution is 2.49. The Kier molecular flexibility index (Phi) is 13.3. The van der Waals surface area contributed by atoms with Gasteiger partial charge < -0.3 is 9.64 Å². The van der Waals surface area contributed by atoms with Crippen LogP contribution in [0.2, 0.25) is 0 Å². The number of benzene rings is 5. The zero-order chi connectivity index (χ0) is 38.0. The van der Waals surface area contributed by atoms with Gasteiger partial charge in [-0.05, 0) is 67.1 Å². The first-order chi connectivity index (χ1) is 26.2. The Morgan fingerprint density at radius 2 is 1.39 bits per heavy atom. The highest BCUT2D eigenvalue weighted by molar-refractivity contribution is 8.00. The maximum Gasteiger partial charge on any atom is 0.254 e. The number of ether oxygens (including phenoxy) is 1. The number of hydrogen-bond acceptors (Lipinski definition) is 6. The third kappa shape index (κ3) is 9.24. The Bertz CT molecular complexity index is 1830. The number of carbonyl (C=O) groups is 2. The van der Waals surface area contributed by atoms with Crippen LogP contribution in [0.4, 0.5) is 0 Å². The molecule has 7 nitrogen and oxygen atoms in total. The minimum absolute atomic E-state index is 0.0549. The molecule has 1 aliphatic heterocycles. The van der Waals surface area contributed by atoms with E-state index in [4.69, 9.17) is 9.57 Å². The van der Waals surface area contributed by atoms with E-state index >= 15 is 0 Å². The Morgan fingerprint density at radius 1 is 0.815 bits per heavy atom. The van der Waals surface area contributed by atoms with Crippen LogP contribution in [0.1, 0.15) is 60.7 Å². The van der Waals surface area contributed by atoms with E-state index < -0.39 is 10.3 Å². The first kappa shape index (κ1) is 39.2. The Labute approximate surface area is 325 Å². The molecule has 1 aliphatic rings. The van der Waals surface area contributed by atoms with Gasteiger partial charge in [0.1, 0.15) is 0 Å². The number of rotatable bonds is 16. The van der Waals surface area contributed by atoms with E-state index in [1.54, 1.807) is 12.2 Å². The molecular formula is C46H53N3O4S. The van der Waals surface area contributed by atoms with Crippen molar-refractivity contribution in [1.82, 2.24) is 14.9 Å². The minimum atomic E-state index is -0.583. The molecule has 0 spiro atoms. The van der Waals surface area contributed by atoms with Crippen LogP contribution in [0.3, 0.4) is 0 Å². The number of hydroxylamine groups is 2. The van der Waals surface area contributed by atoms with E-state index in [2.05, 4.69) is 108 Å². The lowest BCUT2D eigenvalue weighted by Crippen LogP contribution is -2.58. The second-order valence-electron chi connectivity index (χ2n) is 15.0. The van der Waals surface area contributed by atoms with Gasteiger partial charge in [-0.25, -0.2) is 5.06 Å². The van der Waals surface area contributed by atoms with Crippen LogP contribution in [0.5, 0.6) is 0 Å². The molecule has 2 amide bonds. The van der Waals surface area contributed by atoms with Crippen molar-refractivity contribution >= 4 is 34.9 Å². The number of carbonyl (C=O) groups excluding carboxylic acids is 2. The fourth-order valence-corrected chi connectivity index (χ4v) is 9.21. The molecule has 1 fully saturated rings. The number of nitrogens with zero attached hydrogens (tertiary/aromatic N) is 3. The number of thioether (sulfide) groups is 1. The fraction of sp³-hybridized carbons (Fsp3) is 0.348. The molecule has 0 aromatic heterocycles. The summed E-state index contributed by atoms with van der Waals surface area (Å²) >= 11 is 1.83. The average molecular weight is 744 g/mol. The van der Waals surface area contributed by atoms with Crippen molar-refractivity contribution in [1.29, 1.82) is 0 Å². The fourth-order valence-electron chi connectivity index (χ4n) is 7.60. The molecule has 0 N–H and O–H groups in total. The summed E-state index contributed by atoms with van der Waals surface area (Å²) in [6.45, 7) is 9.01. The van der Waals surface area contributed by atoms with Gasteiger partial charge in [-0.1, -0.05) is 127 Å². The molecule has 0 saturated carbocycles. The zero-order valence-electron chi connectivity index (χ0n) is 32.0. The molecule has 0 unspecified atom stereocenters. The van der Waals surface area contributed by atoms with Gasteiger partial charge in [-0.3, -0.25) is 19.3 Å². The van der Waals surface area contributed by atoms with E-state index in [0.29, 0.717) is 38.5 Å². The molecule has 282 valence electrons. The van der Waals surface area contributed by atoms with Crippen LogP contribution in [-0.4, -0.2) is 90.5 Å². The quantitative estimate of drug-likeness (QED) is 0.0437. The maximum absolute atomic E-state index is 14.2. The van der Waals surface area contributed by atoms with E-state index in [1.165, 1.54) is 16.7 Å². The summed E-state index contributed by atoms with van der Waals surface area (Å²) in [5.74, 6) is 0.646. The minimum Gasteiger partial charge on any atom is -0.385 e. The number of piperazine rings is 1. The Hall–Kier alpha value is -4.47. The molecule has 6 rings (SSSR count). The highest BCUT2D eigenvalue weighted by Gasteiger charge is 2.40. The number of fused-ring (bicyclic) bond motifs is 1. The van der Waals surface area contributed by atoms with Crippen LogP contribution in [-0.2, 0) is 19.1 Å². The Balaban J connectivity index is 1.33. The summed E-state index contributed by atoms with van der Waals surface area (Å²) in [5, 5.41) is 3.57. The summed E-state index contributed by atoms with van der Waals surface area (Å²) in [6, 6.07) is 45.7. The van der Waals surface area contributed by atoms with Crippen LogP contribution < -0.4 is 0 Å². The van der Waals surface area contributed by atoms with Crippen LogP contribution in [0, 0.1) is 0 Å². The molecule has 0 aliphatic carbocycles. The summed E-state index contributed by atoms with van der Waals surface area (Å²) < 4.78 is 4.92. The lowest BCUT2D eigenvalue weighted by atomic mass is 9.84. The van der Waals surface area contributed by atoms with Gasteiger partial charge in [0.25, 0.3) is 5.91 Å². The molecule has 5 aromatic rings. The Morgan fingerprint density at radius 3 is 1.96 bits per heavy atom. The van der Waals surface area contributed by atoms with Crippen molar-refractivity contribution in [2.24, 2.45) is 0 Å². The normalized spacial score (nSPS) is 15.9. The zero-order valence-corrected chi connectivity index (χ0v) is 32.8. The molecule has 0 radical (unpaired) electrons.